The van der Waals surface area contributed by atoms with E-state index >= 15 is 0 Å². The van der Waals surface area contributed by atoms with E-state index in [-0.39, 0.29) is 17.5 Å². The molecule has 0 fully saturated rings. The zero-order valence-electron chi connectivity index (χ0n) is 7.67. The molecular formula is C9H13ClN2O. The van der Waals surface area contributed by atoms with Gasteiger partial charge >= 0.3 is 0 Å². The predicted molar refractivity (Wildman–Crippen MR) is 53.8 cm³/mol. The molecule has 1 aromatic rings. The van der Waals surface area contributed by atoms with E-state index in [2.05, 4.69) is 4.98 Å². The summed E-state index contributed by atoms with van der Waals surface area (Å²) in [5.74, 6) is 0.222. The number of H-pyrrole nitrogens is 1. The van der Waals surface area contributed by atoms with Crippen LogP contribution in [0.2, 0.25) is 5.02 Å². The van der Waals surface area contributed by atoms with Crippen LogP contribution < -0.4 is 11.3 Å². The van der Waals surface area contributed by atoms with Crippen LogP contribution in [0.1, 0.15) is 25.5 Å². The fraction of sp³-hybridized carbons (Fsp3) is 0.444. The average molecular weight is 201 g/mol. The third kappa shape index (κ3) is 2.32. The number of hydrogen-bond donors (Lipinski definition) is 2. The number of halogens is 1. The molecule has 0 aliphatic rings. The molecule has 0 aliphatic carbocycles. The van der Waals surface area contributed by atoms with E-state index in [4.69, 9.17) is 17.3 Å². The second kappa shape index (κ2) is 3.94. The Hall–Kier alpha value is -0.800. The summed E-state index contributed by atoms with van der Waals surface area (Å²) < 4.78 is 0. The third-order valence-electron chi connectivity index (χ3n) is 1.97. The van der Waals surface area contributed by atoms with E-state index in [9.17, 15) is 4.79 Å². The maximum absolute atomic E-state index is 11.3. The molecule has 1 atom stereocenters. The number of aromatic nitrogens is 1. The van der Waals surface area contributed by atoms with Crippen LogP contribution in [0.3, 0.4) is 0 Å². The molecule has 0 unspecified atom stereocenters. The van der Waals surface area contributed by atoms with Crippen LogP contribution in [0.5, 0.6) is 0 Å². The van der Waals surface area contributed by atoms with Crippen molar-refractivity contribution in [2.45, 2.75) is 19.9 Å². The van der Waals surface area contributed by atoms with Gasteiger partial charge in [0.15, 0.2) is 0 Å². The Balaban J connectivity index is 3.13. The molecule has 0 aromatic carbocycles. The highest BCUT2D eigenvalue weighted by Crippen LogP contribution is 2.17. The summed E-state index contributed by atoms with van der Waals surface area (Å²) in [5, 5.41) is 0.505. The Kier molecular flexibility index (Phi) is 3.12. The lowest BCUT2D eigenvalue weighted by Gasteiger charge is -2.14. The van der Waals surface area contributed by atoms with E-state index in [1.165, 1.54) is 6.20 Å². The number of nitrogens with two attached hydrogens (primary N) is 1. The SMILES string of the molecule is CC(C)[C@H](N)c1cc(Cl)c[nH]c1=O. The highest BCUT2D eigenvalue weighted by atomic mass is 35.5. The van der Waals surface area contributed by atoms with E-state index in [0.29, 0.717) is 10.6 Å². The van der Waals surface area contributed by atoms with Gasteiger partial charge in [0.25, 0.3) is 5.56 Å². The van der Waals surface area contributed by atoms with Crippen LogP contribution in [0.25, 0.3) is 0 Å². The van der Waals surface area contributed by atoms with Gasteiger partial charge in [-0.25, -0.2) is 0 Å². The highest BCUT2D eigenvalue weighted by Gasteiger charge is 2.14. The molecule has 3 N–H and O–H groups in total. The molecule has 0 aliphatic heterocycles. The first-order valence-electron chi connectivity index (χ1n) is 4.16. The van der Waals surface area contributed by atoms with Gasteiger partial charge in [0.1, 0.15) is 0 Å². The molecule has 72 valence electrons. The number of aromatic amines is 1. The molecule has 4 heteroatoms. The summed E-state index contributed by atoms with van der Waals surface area (Å²) in [6.45, 7) is 3.93. The zero-order chi connectivity index (χ0) is 10.0. The van der Waals surface area contributed by atoms with Crippen molar-refractivity contribution in [3.63, 3.8) is 0 Å². The van der Waals surface area contributed by atoms with Crippen molar-refractivity contribution in [2.75, 3.05) is 0 Å². The first-order chi connectivity index (χ1) is 6.02. The number of rotatable bonds is 2. The van der Waals surface area contributed by atoms with Crippen molar-refractivity contribution in [2.24, 2.45) is 11.7 Å². The Morgan fingerprint density at radius 1 is 1.54 bits per heavy atom. The second-order valence-electron chi connectivity index (χ2n) is 3.37. The normalized spacial score (nSPS) is 13.3. The van der Waals surface area contributed by atoms with Crippen molar-refractivity contribution in [1.29, 1.82) is 0 Å². The lowest BCUT2D eigenvalue weighted by molar-refractivity contribution is 0.510. The van der Waals surface area contributed by atoms with E-state index < -0.39 is 0 Å². The lowest BCUT2D eigenvalue weighted by Crippen LogP contribution is -2.25. The van der Waals surface area contributed by atoms with Crippen LogP contribution in [-0.4, -0.2) is 4.98 Å². The summed E-state index contributed by atoms with van der Waals surface area (Å²) in [6, 6.07) is 1.35. The van der Waals surface area contributed by atoms with E-state index in [1.54, 1.807) is 6.07 Å². The Morgan fingerprint density at radius 2 is 2.15 bits per heavy atom. The summed E-state index contributed by atoms with van der Waals surface area (Å²) in [5.41, 5.74) is 6.21. The first-order valence-corrected chi connectivity index (χ1v) is 4.54. The minimum Gasteiger partial charge on any atom is -0.327 e. The van der Waals surface area contributed by atoms with Gasteiger partial charge in [0, 0.05) is 17.8 Å². The van der Waals surface area contributed by atoms with Crippen molar-refractivity contribution in [3.05, 3.63) is 33.2 Å². The summed E-state index contributed by atoms with van der Waals surface area (Å²) in [6.07, 6.45) is 1.46. The fourth-order valence-electron chi connectivity index (χ4n) is 1.08. The van der Waals surface area contributed by atoms with Gasteiger partial charge in [-0.05, 0) is 12.0 Å². The summed E-state index contributed by atoms with van der Waals surface area (Å²) in [7, 11) is 0. The van der Waals surface area contributed by atoms with Crippen molar-refractivity contribution >= 4 is 11.6 Å². The van der Waals surface area contributed by atoms with Crippen LogP contribution in [0.4, 0.5) is 0 Å². The molecule has 0 amide bonds. The second-order valence-corrected chi connectivity index (χ2v) is 3.81. The molecular weight excluding hydrogens is 188 g/mol. The van der Waals surface area contributed by atoms with Crippen LogP contribution in [-0.2, 0) is 0 Å². The van der Waals surface area contributed by atoms with Gasteiger partial charge in [-0.15, -0.1) is 0 Å². The van der Waals surface area contributed by atoms with Crippen molar-refractivity contribution in [3.8, 4) is 0 Å². The van der Waals surface area contributed by atoms with Crippen LogP contribution >= 0.6 is 11.6 Å². The fourth-order valence-corrected chi connectivity index (χ4v) is 1.25. The smallest absolute Gasteiger partial charge is 0.252 e. The van der Waals surface area contributed by atoms with E-state index in [0.717, 1.165) is 0 Å². The topological polar surface area (TPSA) is 58.9 Å². The summed E-state index contributed by atoms with van der Waals surface area (Å²) in [4.78, 5) is 13.9. The summed E-state index contributed by atoms with van der Waals surface area (Å²) >= 11 is 5.74. The van der Waals surface area contributed by atoms with Crippen molar-refractivity contribution in [1.82, 2.24) is 4.98 Å². The van der Waals surface area contributed by atoms with Crippen LogP contribution in [0.15, 0.2) is 17.1 Å². The maximum atomic E-state index is 11.3. The minimum atomic E-state index is -0.262. The Bertz CT molecular complexity index is 346. The van der Waals surface area contributed by atoms with Gasteiger partial charge in [0.2, 0.25) is 0 Å². The average Bonchev–Trinajstić information content (AvgIpc) is 2.08. The highest BCUT2D eigenvalue weighted by molar-refractivity contribution is 6.30. The minimum absolute atomic E-state index is 0.161. The predicted octanol–water partition coefficient (Wildman–Crippen LogP) is 1.68. The van der Waals surface area contributed by atoms with Gasteiger partial charge in [0.05, 0.1) is 5.02 Å². The third-order valence-corrected chi connectivity index (χ3v) is 2.19. The molecule has 1 heterocycles. The monoisotopic (exact) mass is 200 g/mol. The molecule has 0 bridgehead atoms. The zero-order valence-corrected chi connectivity index (χ0v) is 8.43. The quantitative estimate of drug-likeness (QED) is 0.763. The van der Waals surface area contributed by atoms with Gasteiger partial charge in [-0.2, -0.15) is 0 Å². The molecule has 0 saturated carbocycles. The van der Waals surface area contributed by atoms with Gasteiger partial charge in [-0.3, -0.25) is 4.79 Å². The van der Waals surface area contributed by atoms with Crippen molar-refractivity contribution < 1.29 is 0 Å². The molecule has 1 aromatic heterocycles. The van der Waals surface area contributed by atoms with E-state index in [1.807, 2.05) is 13.8 Å². The molecule has 3 nitrogen and oxygen atoms in total. The molecule has 0 spiro atoms. The Morgan fingerprint density at radius 3 is 2.69 bits per heavy atom. The number of pyridine rings is 1. The lowest BCUT2D eigenvalue weighted by atomic mass is 9.98. The Labute approximate surface area is 81.9 Å². The molecule has 1 rings (SSSR count). The number of nitrogens with one attached hydrogen (secondary N) is 1. The largest absolute Gasteiger partial charge is 0.327 e. The first kappa shape index (κ1) is 10.3. The molecule has 0 radical (unpaired) electrons. The van der Waals surface area contributed by atoms with Gasteiger partial charge < -0.3 is 10.7 Å². The standard InChI is InChI=1S/C9H13ClN2O/c1-5(2)8(11)7-3-6(10)4-12-9(7)13/h3-5,8H,11H2,1-2H3,(H,12,13)/t8-/m0/s1. The number of hydrogen-bond acceptors (Lipinski definition) is 2. The maximum Gasteiger partial charge on any atom is 0.252 e. The molecule has 0 saturated heterocycles. The molecule has 13 heavy (non-hydrogen) atoms. The van der Waals surface area contributed by atoms with Gasteiger partial charge in [-0.1, -0.05) is 25.4 Å². The van der Waals surface area contributed by atoms with Crippen LogP contribution in [0, 0.1) is 5.92 Å².